The second-order valence-electron chi connectivity index (χ2n) is 10.7. The molecule has 50 heavy (non-hydrogen) atoms. The van der Waals surface area contributed by atoms with Crippen molar-refractivity contribution in [2.75, 3.05) is 13.2 Å². The smallest absolute Gasteiger partial charge is 0.417 e. The maximum absolute atomic E-state index is 13.6. The second-order valence-corrected chi connectivity index (χ2v) is 10.7. The van der Waals surface area contributed by atoms with Crippen LogP contribution in [-0.4, -0.2) is 54.9 Å². The fourth-order valence-corrected chi connectivity index (χ4v) is 4.61. The standard InChI is InChI=1S/C33H33F6N5O6/c34-32(35,36)22-13-7-14-23(33(37,38)39)27(22)29(47)49-19-26(45)24(15-8-16-42-30(40)41)43-28(46)25(17-20-9-3-1-4-10-20)44-31(48)50-18-21-11-5-2-6-12-21/h1-7,9-14,24-25H,8,15-19H2,(H,43,46)(H,44,48)(H4,40,41,42)/t24-,25-/m0/s1. The predicted molar refractivity (Wildman–Crippen MR) is 167 cm³/mol. The number of Topliss-reactive ketones (excluding diaryl/α,β-unsaturated/α-hetero) is 1. The van der Waals surface area contributed by atoms with Crippen LogP contribution in [0.2, 0.25) is 0 Å². The molecule has 0 aromatic heterocycles. The van der Waals surface area contributed by atoms with Crippen molar-refractivity contribution in [2.24, 2.45) is 16.5 Å². The zero-order valence-corrected chi connectivity index (χ0v) is 26.2. The number of hydrogen-bond acceptors (Lipinski definition) is 7. The van der Waals surface area contributed by atoms with Gasteiger partial charge in [0.1, 0.15) is 12.6 Å². The van der Waals surface area contributed by atoms with Gasteiger partial charge in [-0.25, -0.2) is 9.59 Å². The van der Waals surface area contributed by atoms with Crippen molar-refractivity contribution in [3.63, 3.8) is 0 Å². The van der Waals surface area contributed by atoms with Crippen LogP contribution in [0.25, 0.3) is 0 Å². The van der Waals surface area contributed by atoms with Crippen LogP contribution in [0.3, 0.4) is 0 Å². The molecule has 11 nitrogen and oxygen atoms in total. The third-order valence-electron chi connectivity index (χ3n) is 6.98. The van der Waals surface area contributed by atoms with Crippen LogP contribution >= 0.6 is 0 Å². The molecule has 3 rings (SSSR count). The number of benzene rings is 3. The van der Waals surface area contributed by atoms with E-state index in [1.165, 1.54) is 0 Å². The van der Waals surface area contributed by atoms with Crippen LogP contribution in [0.1, 0.15) is 45.5 Å². The van der Waals surface area contributed by atoms with E-state index in [1.54, 1.807) is 60.7 Å². The first kappa shape index (κ1) is 38.8. The number of nitrogens with one attached hydrogen (secondary N) is 2. The molecule has 0 saturated heterocycles. The average molecular weight is 710 g/mol. The molecule has 0 aliphatic heterocycles. The number of amides is 2. The average Bonchev–Trinajstić information content (AvgIpc) is 3.06. The van der Waals surface area contributed by atoms with Gasteiger partial charge >= 0.3 is 24.4 Å². The summed E-state index contributed by atoms with van der Waals surface area (Å²) >= 11 is 0. The fourth-order valence-electron chi connectivity index (χ4n) is 4.61. The Morgan fingerprint density at radius 1 is 0.720 bits per heavy atom. The molecule has 2 amide bonds. The first-order chi connectivity index (χ1) is 23.6. The van der Waals surface area contributed by atoms with Crippen molar-refractivity contribution >= 4 is 29.7 Å². The van der Waals surface area contributed by atoms with Gasteiger partial charge in [-0.15, -0.1) is 0 Å². The number of aliphatic imine (C=N–C) groups is 1. The summed E-state index contributed by atoms with van der Waals surface area (Å²) in [6.07, 6.45) is -11.9. The number of esters is 1. The van der Waals surface area contributed by atoms with E-state index in [0.717, 1.165) is 0 Å². The highest BCUT2D eigenvalue weighted by molar-refractivity contribution is 5.97. The van der Waals surface area contributed by atoms with E-state index in [1.807, 2.05) is 0 Å². The van der Waals surface area contributed by atoms with E-state index in [-0.39, 0.29) is 50.5 Å². The number of halogens is 6. The molecule has 0 radical (unpaired) electrons. The molecular weight excluding hydrogens is 676 g/mol. The third-order valence-corrected chi connectivity index (χ3v) is 6.98. The molecule has 2 atom stereocenters. The van der Waals surface area contributed by atoms with Crippen molar-refractivity contribution in [1.29, 1.82) is 0 Å². The number of hydrogen-bond donors (Lipinski definition) is 4. The zero-order valence-electron chi connectivity index (χ0n) is 26.2. The van der Waals surface area contributed by atoms with Crippen LogP contribution in [0.5, 0.6) is 0 Å². The summed E-state index contributed by atoms with van der Waals surface area (Å²) in [4.78, 5) is 55.9. The summed E-state index contributed by atoms with van der Waals surface area (Å²) in [6.45, 7) is -1.48. The lowest BCUT2D eigenvalue weighted by atomic mass is 10.00. The van der Waals surface area contributed by atoms with Gasteiger partial charge < -0.3 is 31.6 Å². The van der Waals surface area contributed by atoms with Gasteiger partial charge in [-0.2, -0.15) is 26.3 Å². The molecule has 0 saturated carbocycles. The molecule has 0 fully saturated rings. The van der Waals surface area contributed by atoms with Gasteiger partial charge in [0, 0.05) is 13.0 Å². The number of ether oxygens (including phenoxy) is 2. The Bertz CT molecular complexity index is 1620. The molecule has 268 valence electrons. The molecule has 0 bridgehead atoms. The highest BCUT2D eigenvalue weighted by Gasteiger charge is 2.43. The molecule has 3 aromatic rings. The number of rotatable bonds is 15. The summed E-state index contributed by atoms with van der Waals surface area (Å²) in [5.41, 5.74) is 6.23. The Morgan fingerprint density at radius 2 is 1.28 bits per heavy atom. The minimum Gasteiger partial charge on any atom is -0.454 e. The summed E-state index contributed by atoms with van der Waals surface area (Å²) < 4.78 is 91.4. The van der Waals surface area contributed by atoms with Gasteiger partial charge in [0.15, 0.2) is 18.3 Å². The summed E-state index contributed by atoms with van der Waals surface area (Å²) in [7, 11) is 0. The lowest BCUT2D eigenvalue weighted by Crippen LogP contribution is -2.53. The number of alkyl carbamates (subject to hydrolysis) is 1. The number of carbonyl (C=O) groups is 4. The molecule has 0 heterocycles. The first-order valence-electron chi connectivity index (χ1n) is 14.9. The topological polar surface area (TPSA) is 175 Å². The first-order valence-corrected chi connectivity index (χ1v) is 14.9. The minimum absolute atomic E-state index is 0.0345. The molecule has 0 spiro atoms. The molecular formula is C33H33F6N5O6. The quantitative estimate of drug-likeness (QED) is 0.0586. The number of ketones is 1. The van der Waals surface area contributed by atoms with E-state index in [2.05, 4.69) is 20.4 Å². The maximum Gasteiger partial charge on any atom is 0.417 e. The lowest BCUT2D eigenvalue weighted by Gasteiger charge is -2.23. The Kier molecular flexibility index (Phi) is 13.7. The van der Waals surface area contributed by atoms with Crippen LogP contribution in [0, 0.1) is 0 Å². The number of guanidine groups is 1. The highest BCUT2D eigenvalue weighted by Crippen LogP contribution is 2.39. The van der Waals surface area contributed by atoms with Crippen molar-refractivity contribution in [1.82, 2.24) is 10.6 Å². The molecule has 0 unspecified atom stereocenters. The van der Waals surface area contributed by atoms with Crippen LogP contribution < -0.4 is 22.1 Å². The number of alkyl halides is 6. The maximum atomic E-state index is 13.6. The molecule has 0 aliphatic rings. The number of nitrogens with two attached hydrogens (primary N) is 2. The van der Waals surface area contributed by atoms with E-state index < -0.39 is 71.5 Å². The molecule has 3 aromatic carbocycles. The minimum atomic E-state index is -5.37. The van der Waals surface area contributed by atoms with Gasteiger partial charge in [0.2, 0.25) is 5.91 Å². The van der Waals surface area contributed by atoms with Crippen molar-refractivity contribution in [3.05, 3.63) is 107 Å². The van der Waals surface area contributed by atoms with Crippen LogP contribution in [0.15, 0.2) is 83.9 Å². The van der Waals surface area contributed by atoms with E-state index in [0.29, 0.717) is 17.2 Å². The largest absolute Gasteiger partial charge is 0.454 e. The fraction of sp³-hybridized carbons (Fsp3) is 0.303. The Hall–Kier alpha value is -5.61. The SMILES string of the molecule is NC(N)=NCCC[C@H](NC(=O)[C@H](Cc1ccccc1)NC(=O)OCc1ccccc1)C(=O)COC(=O)c1c(C(F)(F)F)cccc1C(F)(F)F. The summed E-state index contributed by atoms with van der Waals surface area (Å²) in [5, 5.41) is 4.85. The third kappa shape index (κ3) is 12.1. The number of nitrogens with zero attached hydrogens (tertiary/aromatic N) is 1. The van der Waals surface area contributed by atoms with Gasteiger partial charge in [0.05, 0.1) is 22.7 Å². The Morgan fingerprint density at radius 3 is 1.82 bits per heavy atom. The number of carbonyl (C=O) groups excluding carboxylic acids is 4. The monoisotopic (exact) mass is 709 g/mol. The van der Waals surface area contributed by atoms with Crippen molar-refractivity contribution in [2.45, 2.75) is 50.3 Å². The Balaban J connectivity index is 1.81. The van der Waals surface area contributed by atoms with Gasteiger partial charge in [-0.1, -0.05) is 66.7 Å². The Labute approximate surface area is 282 Å². The normalized spacial score (nSPS) is 12.6. The second kappa shape index (κ2) is 17.7. The summed E-state index contributed by atoms with van der Waals surface area (Å²) in [5.74, 6) is -4.33. The lowest BCUT2D eigenvalue weighted by molar-refractivity contribution is -0.144. The summed E-state index contributed by atoms with van der Waals surface area (Å²) in [6, 6.07) is 15.2. The van der Waals surface area contributed by atoms with Crippen LogP contribution in [0.4, 0.5) is 31.1 Å². The van der Waals surface area contributed by atoms with E-state index in [4.69, 9.17) is 16.2 Å². The molecule has 6 N–H and O–H groups in total. The van der Waals surface area contributed by atoms with Crippen molar-refractivity contribution < 1.29 is 55.0 Å². The molecule has 17 heteroatoms. The predicted octanol–water partition coefficient (Wildman–Crippen LogP) is 4.53. The zero-order chi connectivity index (χ0) is 36.9. The van der Waals surface area contributed by atoms with Crippen LogP contribution in [-0.2, 0) is 44.4 Å². The van der Waals surface area contributed by atoms with Gasteiger partial charge in [-0.3, -0.25) is 14.6 Å². The molecule has 0 aliphatic carbocycles. The van der Waals surface area contributed by atoms with E-state index >= 15 is 0 Å². The highest BCUT2D eigenvalue weighted by atomic mass is 19.4. The van der Waals surface area contributed by atoms with E-state index in [9.17, 15) is 45.5 Å². The van der Waals surface area contributed by atoms with Crippen molar-refractivity contribution in [3.8, 4) is 0 Å². The van der Waals surface area contributed by atoms with Gasteiger partial charge in [0.25, 0.3) is 0 Å². The van der Waals surface area contributed by atoms with Gasteiger partial charge in [-0.05, 0) is 36.1 Å².